The number of ether oxygens (including phenoxy) is 1. The quantitative estimate of drug-likeness (QED) is 0.347. The molecule has 0 atom stereocenters. The van der Waals surface area contributed by atoms with Crippen LogP contribution in [0, 0.1) is 0 Å². The fourth-order valence-electron chi connectivity index (χ4n) is 3.58. The number of phenols is 1. The van der Waals surface area contributed by atoms with Crippen molar-refractivity contribution < 1.29 is 9.84 Å². The van der Waals surface area contributed by atoms with Gasteiger partial charge in [-0.25, -0.2) is 4.98 Å². The lowest BCUT2D eigenvalue weighted by Crippen LogP contribution is -2.21. The molecule has 0 unspecified atom stereocenters. The first-order chi connectivity index (χ1) is 15.1. The molecule has 4 aromatic rings. The number of hydrogen-bond acceptors (Lipinski definition) is 6. The molecule has 0 aliphatic carbocycles. The van der Waals surface area contributed by atoms with Crippen molar-refractivity contribution in [2.24, 2.45) is 10.2 Å². The molecule has 7 nitrogen and oxygen atoms in total. The van der Waals surface area contributed by atoms with Gasteiger partial charge in [0.2, 0.25) is 0 Å². The molecule has 152 valence electrons. The molecular formula is C23H15ClN4O3. The first-order valence-corrected chi connectivity index (χ1v) is 9.75. The molecule has 1 aliphatic heterocycles. The van der Waals surface area contributed by atoms with Gasteiger partial charge in [-0.3, -0.25) is 9.36 Å². The molecule has 1 N–H and O–H groups in total. The van der Waals surface area contributed by atoms with Crippen molar-refractivity contribution in [1.29, 1.82) is 0 Å². The molecule has 0 amide bonds. The van der Waals surface area contributed by atoms with Gasteiger partial charge < -0.3 is 9.84 Å². The Morgan fingerprint density at radius 2 is 1.97 bits per heavy atom. The highest BCUT2D eigenvalue weighted by atomic mass is 35.5. The Bertz CT molecular complexity index is 1470. The summed E-state index contributed by atoms with van der Waals surface area (Å²) in [5.41, 5.74) is 2.53. The Hall–Kier alpha value is -3.97. The first kappa shape index (κ1) is 19.0. The van der Waals surface area contributed by atoms with Crippen molar-refractivity contribution in [2.75, 3.05) is 7.11 Å². The van der Waals surface area contributed by atoms with E-state index in [0.29, 0.717) is 50.0 Å². The maximum absolute atomic E-state index is 13.2. The minimum Gasteiger partial charge on any atom is -0.504 e. The zero-order chi connectivity index (χ0) is 21.5. The van der Waals surface area contributed by atoms with Gasteiger partial charge in [-0.2, -0.15) is 5.10 Å². The van der Waals surface area contributed by atoms with Crippen LogP contribution in [-0.2, 0) is 0 Å². The monoisotopic (exact) mass is 430 g/mol. The SMILES string of the molecule is COc1cccc(/C=N/N=C2/c3cc(Cl)ccc3-n3c2nc2ccccc2c3=O)c1O. The van der Waals surface area contributed by atoms with Crippen LogP contribution in [0.25, 0.3) is 16.6 Å². The van der Waals surface area contributed by atoms with Gasteiger partial charge in [0, 0.05) is 16.1 Å². The van der Waals surface area contributed by atoms with Crippen molar-refractivity contribution >= 4 is 34.4 Å². The zero-order valence-electron chi connectivity index (χ0n) is 16.3. The second-order valence-electron chi connectivity index (χ2n) is 6.85. The van der Waals surface area contributed by atoms with Crippen molar-refractivity contribution in [3.05, 3.63) is 93.0 Å². The number of fused-ring (bicyclic) bond motifs is 4. The predicted octanol–water partition coefficient (Wildman–Crippen LogP) is 3.94. The molecule has 1 aliphatic rings. The van der Waals surface area contributed by atoms with Crippen LogP contribution >= 0.6 is 11.6 Å². The maximum atomic E-state index is 13.2. The van der Waals surface area contributed by atoms with Gasteiger partial charge in [-0.15, -0.1) is 5.10 Å². The molecule has 8 heteroatoms. The Morgan fingerprint density at radius 1 is 1.13 bits per heavy atom. The highest BCUT2D eigenvalue weighted by Crippen LogP contribution is 2.30. The third-order valence-corrected chi connectivity index (χ3v) is 5.28. The van der Waals surface area contributed by atoms with E-state index in [-0.39, 0.29) is 11.3 Å². The summed E-state index contributed by atoms with van der Waals surface area (Å²) in [5.74, 6) is 0.678. The van der Waals surface area contributed by atoms with Crippen LogP contribution in [-0.4, -0.2) is 33.7 Å². The van der Waals surface area contributed by atoms with E-state index >= 15 is 0 Å². The summed E-state index contributed by atoms with van der Waals surface area (Å²) in [6.45, 7) is 0. The lowest BCUT2D eigenvalue weighted by Gasteiger charge is -2.05. The Kier molecular flexibility index (Phi) is 4.52. The highest BCUT2D eigenvalue weighted by Gasteiger charge is 2.29. The first-order valence-electron chi connectivity index (χ1n) is 9.38. The number of para-hydroxylation sites is 2. The summed E-state index contributed by atoms with van der Waals surface area (Å²) in [6.07, 6.45) is 1.41. The van der Waals surface area contributed by atoms with E-state index in [1.54, 1.807) is 54.6 Å². The second-order valence-corrected chi connectivity index (χ2v) is 7.28. The van der Waals surface area contributed by atoms with Gasteiger partial charge in [-0.1, -0.05) is 29.8 Å². The lowest BCUT2D eigenvalue weighted by atomic mass is 10.1. The molecule has 0 fully saturated rings. The normalized spacial score (nSPS) is 13.7. The van der Waals surface area contributed by atoms with Gasteiger partial charge in [0.1, 0.15) is 5.71 Å². The van der Waals surface area contributed by atoms with E-state index < -0.39 is 0 Å². The number of rotatable bonds is 3. The number of benzene rings is 3. The van der Waals surface area contributed by atoms with Crippen molar-refractivity contribution in [3.8, 4) is 17.2 Å². The van der Waals surface area contributed by atoms with Crippen LogP contribution in [0.5, 0.6) is 11.5 Å². The summed E-state index contributed by atoms with van der Waals surface area (Å²) in [7, 11) is 1.47. The van der Waals surface area contributed by atoms with Crippen molar-refractivity contribution in [2.45, 2.75) is 0 Å². The third kappa shape index (κ3) is 3.06. The Labute approximate surface area is 181 Å². The van der Waals surface area contributed by atoms with Crippen LogP contribution in [0.2, 0.25) is 5.02 Å². The molecule has 0 spiro atoms. The summed E-state index contributed by atoms with van der Waals surface area (Å²) in [5, 5.41) is 19.8. The summed E-state index contributed by atoms with van der Waals surface area (Å²) >= 11 is 6.21. The van der Waals surface area contributed by atoms with Gasteiger partial charge in [0.15, 0.2) is 17.3 Å². The van der Waals surface area contributed by atoms with E-state index in [2.05, 4.69) is 15.2 Å². The molecule has 1 aromatic heterocycles. The molecule has 0 radical (unpaired) electrons. The molecule has 31 heavy (non-hydrogen) atoms. The average Bonchev–Trinajstić information content (AvgIpc) is 3.08. The number of hydrogen-bond donors (Lipinski definition) is 1. The van der Waals surface area contributed by atoms with E-state index in [1.165, 1.54) is 17.9 Å². The summed E-state index contributed by atoms with van der Waals surface area (Å²) in [4.78, 5) is 17.8. The summed E-state index contributed by atoms with van der Waals surface area (Å²) in [6, 6.07) is 17.4. The van der Waals surface area contributed by atoms with Gasteiger partial charge in [0.25, 0.3) is 5.56 Å². The smallest absolute Gasteiger partial charge is 0.266 e. The molecule has 0 saturated carbocycles. The second kappa shape index (κ2) is 7.37. The zero-order valence-corrected chi connectivity index (χ0v) is 17.0. The lowest BCUT2D eigenvalue weighted by molar-refractivity contribution is 0.373. The van der Waals surface area contributed by atoms with Crippen molar-refractivity contribution in [3.63, 3.8) is 0 Å². The number of aromatic hydroxyl groups is 1. The van der Waals surface area contributed by atoms with E-state index in [4.69, 9.17) is 16.3 Å². The molecule has 0 saturated heterocycles. The molecule has 3 aromatic carbocycles. The fourth-order valence-corrected chi connectivity index (χ4v) is 3.76. The number of methoxy groups -OCH3 is 1. The number of aromatic nitrogens is 2. The number of phenolic OH excluding ortho intramolecular Hbond substituents is 1. The van der Waals surface area contributed by atoms with Gasteiger partial charge in [-0.05, 0) is 42.5 Å². The topological polar surface area (TPSA) is 89.1 Å². The van der Waals surface area contributed by atoms with Gasteiger partial charge in [0.05, 0.1) is 29.9 Å². The van der Waals surface area contributed by atoms with Crippen LogP contribution in [0.1, 0.15) is 17.0 Å². The molecule has 5 rings (SSSR count). The van der Waals surface area contributed by atoms with Crippen LogP contribution < -0.4 is 10.3 Å². The van der Waals surface area contributed by atoms with Crippen LogP contribution in [0.15, 0.2) is 75.7 Å². The molecule has 2 heterocycles. The highest BCUT2D eigenvalue weighted by molar-refractivity contribution is 6.31. The van der Waals surface area contributed by atoms with Crippen molar-refractivity contribution in [1.82, 2.24) is 9.55 Å². The molecule has 0 bridgehead atoms. The maximum Gasteiger partial charge on any atom is 0.266 e. The average molecular weight is 431 g/mol. The number of nitrogens with zero attached hydrogens (tertiary/aromatic N) is 4. The summed E-state index contributed by atoms with van der Waals surface area (Å²) < 4.78 is 6.63. The van der Waals surface area contributed by atoms with Crippen LogP contribution in [0.3, 0.4) is 0 Å². The predicted molar refractivity (Wildman–Crippen MR) is 120 cm³/mol. The standard InChI is InChI=1S/C23H15ClN4O3/c1-31-19-8-4-5-13(21(19)29)12-25-27-20-16-11-14(24)9-10-18(16)28-22(20)26-17-7-3-2-6-15(17)23(28)30/h2-12,29H,1H3/b25-12+,27-20-. The minimum absolute atomic E-state index is 0.0374. The molecular weight excluding hydrogens is 416 g/mol. The number of halogens is 1. The van der Waals surface area contributed by atoms with E-state index in [1.807, 2.05) is 6.07 Å². The van der Waals surface area contributed by atoms with Crippen LogP contribution in [0.4, 0.5) is 0 Å². The van der Waals surface area contributed by atoms with Gasteiger partial charge >= 0.3 is 0 Å². The fraction of sp³-hybridized carbons (Fsp3) is 0.0435. The third-order valence-electron chi connectivity index (χ3n) is 5.05. The Balaban J connectivity index is 1.70. The Morgan fingerprint density at radius 3 is 2.81 bits per heavy atom. The van der Waals surface area contributed by atoms with E-state index in [0.717, 1.165) is 0 Å². The minimum atomic E-state index is -0.191. The largest absolute Gasteiger partial charge is 0.504 e. The van der Waals surface area contributed by atoms with E-state index in [9.17, 15) is 9.90 Å².